The van der Waals surface area contributed by atoms with Crippen molar-refractivity contribution in [1.82, 2.24) is 10.2 Å². The summed E-state index contributed by atoms with van der Waals surface area (Å²) < 4.78 is 10.00. The summed E-state index contributed by atoms with van der Waals surface area (Å²) in [4.78, 5) is 25.6. The fourth-order valence-corrected chi connectivity index (χ4v) is 2.16. The third-order valence-corrected chi connectivity index (χ3v) is 3.21. The normalized spacial score (nSPS) is 14.5. The fourth-order valence-electron chi connectivity index (χ4n) is 2.16. The minimum Gasteiger partial charge on any atom is -0.469 e. The van der Waals surface area contributed by atoms with E-state index in [-0.39, 0.29) is 24.5 Å². The molecule has 2 atom stereocenters. The maximum Gasteiger partial charge on any atom is 0.407 e. The summed E-state index contributed by atoms with van der Waals surface area (Å²) in [6.45, 7) is 12.9. The molecule has 1 amide bonds. The molecular weight excluding hydrogens is 272 g/mol. The molecule has 0 aromatic heterocycles. The van der Waals surface area contributed by atoms with Crippen molar-refractivity contribution in [3.63, 3.8) is 0 Å². The number of esters is 1. The summed E-state index contributed by atoms with van der Waals surface area (Å²) in [6.07, 6.45) is -0.244. The number of alkyl carbamates (subject to hydrolysis) is 1. The lowest BCUT2D eigenvalue weighted by Gasteiger charge is -2.34. The number of hydrogen-bond acceptors (Lipinski definition) is 5. The van der Waals surface area contributed by atoms with E-state index in [9.17, 15) is 9.59 Å². The van der Waals surface area contributed by atoms with Crippen LogP contribution in [0.2, 0.25) is 0 Å². The van der Waals surface area contributed by atoms with Crippen molar-refractivity contribution in [2.45, 2.75) is 65.6 Å². The van der Waals surface area contributed by atoms with E-state index in [0.29, 0.717) is 0 Å². The highest BCUT2D eigenvalue weighted by molar-refractivity contribution is 5.71. The molecule has 6 heteroatoms. The largest absolute Gasteiger partial charge is 0.469 e. The van der Waals surface area contributed by atoms with Crippen molar-refractivity contribution in [1.29, 1.82) is 0 Å². The molecule has 0 heterocycles. The molecule has 0 saturated carbocycles. The first-order chi connectivity index (χ1) is 9.64. The van der Waals surface area contributed by atoms with Gasteiger partial charge in [-0.15, -0.1) is 0 Å². The second kappa shape index (κ2) is 8.87. The van der Waals surface area contributed by atoms with Crippen molar-refractivity contribution in [3.05, 3.63) is 0 Å². The van der Waals surface area contributed by atoms with Gasteiger partial charge in [0, 0.05) is 12.1 Å². The summed E-state index contributed by atoms with van der Waals surface area (Å²) in [5.74, 6) is -0.287. The summed E-state index contributed by atoms with van der Waals surface area (Å²) >= 11 is 0. The molecule has 0 bridgehead atoms. The molecule has 0 aromatic carbocycles. The number of nitrogens with zero attached hydrogens (tertiary/aromatic N) is 1. The molecule has 0 aromatic rings. The van der Waals surface area contributed by atoms with Crippen LogP contribution in [0.5, 0.6) is 0 Å². The van der Waals surface area contributed by atoms with Crippen LogP contribution in [0.4, 0.5) is 4.79 Å². The molecule has 0 aliphatic carbocycles. The number of methoxy groups -OCH3 is 1. The van der Waals surface area contributed by atoms with Crippen LogP contribution >= 0.6 is 0 Å². The predicted molar refractivity (Wildman–Crippen MR) is 82.2 cm³/mol. The molecule has 0 aliphatic rings. The van der Waals surface area contributed by atoms with E-state index in [1.54, 1.807) is 0 Å². The lowest BCUT2D eigenvalue weighted by molar-refractivity contribution is -0.142. The average Bonchev–Trinajstić information content (AvgIpc) is 2.36. The maximum atomic E-state index is 11.9. The smallest absolute Gasteiger partial charge is 0.407 e. The Bertz CT molecular complexity index is 335. The minimum absolute atomic E-state index is 0.125. The second-order valence-corrected chi connectivity index (χ2v) is 6.00. The monoisotopic (exact) mass is 302 g/mol. The van der Waals surface area contributed by atoms with Crippen molar-refractivity contribution in [3.8, 4) is 0 Å². The molecule has 0 spiro atoms. The molecule has 124 valence electrons. The lowest BCUT2D eigenvalue weighted by Crippen LogP contribution is -2.52. The van der Waals surface area contributed by atoms with Gasteiger partial charge < -0.3 is 14.8 Å². The van der Waals surface area contributed by atoms with Gasteiger partial charge in [-0.2, -0.15) is 0 Å². The van der Waals surface area contributed by atoms with Gasteiger partial charge in [0.15, 0.2) is 0 Å². The summed E-state index contributed by atoms with van der Waals surface area (Å²) in [5.41, 5.74) is -0.545. The van der Waals surface area contributed by atoms with Crippen molar-refractivity contribution in [2.24, 2.45) is 0 Å². The molecule has 2 unspecified atom stereocenters. The zero-order chi connectivity index (χ0) is 16.6. The van der Waals surface area contributed by atoms with Gasteiger partial charge in [0.05, 0.1) is 13.5 Å². The van der Waals surface area contributed by atoms with Gasteiger partial charge >= 0.3 is 12.1 Å². The van der Waals surface area contributed by atoms with Crippen LogP contribution in [-0.2, 0) is 14.3 Å². The van der Waals surface area contributed by atoms with E-state index in [4.69, 9.17) is 9.47 Å². The first-order valence-electron chi connectivity index (χ1n) is 7.44. The van der Waals surface area contributed by atoms with Crippen LogP contribution in [0.1, 0.15) is 48.0 Å². The Hall–Kier alpha value is -1.30. The Kier molecular flexibility index (Phi) is 8.32. The standard InChI is InChI=1S/C15H30N2O4/c1-8-17(9-2)12(10-13(18)20-7)11(3)16-14(19)21-15(4,5)6/h11-12H,8-10H2,1-7H3,(H,16,19). The second-order valence-electron chi connectivity index (χ2n) is 6.00. The van der Waals surface area contributed by atoms with Gasteiger partial charge in [0.2, 0.25) is 0 Å². The van der Waals surface area contributed by atoms with E-state index in [0.717, 1.165) is 13.1 Å². The molecular formula is C15H30N2O4. The topological polar surface area (TPSA) is 67.9 Å². The quantitative estimate of drug-likeness (QED) is 0.730. The maximum absolute atomic E-state index is 11.9. The van der Waals surface area contributed by atoms with Gasteiger partial charge in [-0.1, -0.05) is 13.8 Å². The van der Waals surface area contributed by atoms with Crippen molar-refractivity contribution >= 4 is 12.1 Å². The number of carbonyl (C=O) groups is 2. The number of carbonyl (C=O) groups excluding carboxylic acids is 2. The predicted octanol–water partition coefficient (Wildman–Crippen LogP) is 2.17. The van der Waals surface area contributed by atoms with Gasteiger partial charge in [-0.3, -0.25) is 9.69 Å². The third kappa shape index (κ3) is 7.90. The number of amides is 1. The number of rotatable bonds is 7. The highest BCUT2D eigenvalue weighted by atomic mass is 16.6. The Labute approximate surface area is 128 Å². The van der Waals surface area contributed by atoms with E-state index in [2.05, 4.69) is 10.2 Å². The zero-order valence-corrected chi connectivity index (χ0v) is 14.4. The number of hydrogen-bond donors (Lipinski definition) is 1. The number of likely N-dealkylation sites (N-methyl/N-ethyl adjacent to an activating group) is 1. The summed E-state index contributed by atoms with van der Waals surface area (Å²) in [7, 11) is 1.37. The first-order valence-corrected chi connectivity index (χ1v) is 7.44. The van der Waals surface area contributed by atoms with E-state index < -0.39 is 11.7 Å². The molecule has 0 rings (SSSR count). The van der Waals surface area contributed by atoms with Gasteiger partial charge in [-0.05, 0) is 40.8 Å². The van der Waals surface area contributed by atoms with Crippen LogP contribution in [0.15, 0.2) is 0 Å². The van der Waals surface area contributed by atoms with Crippen molar-refractivity contribution < 1.29 is 19.1 Å². The number of ether oxygens (including phenoxy) is 2. The van der Waals surface area contributed by atoms with Crippen LogP contribution in [0, 0.1) is 0 Å². The molecule has 0 saturated heterocycles. The highest BCUT2D eigenvalue weighted by Gasteiger charge is 2.28. The molecule has 0 radical (unpaired) electrons. The van der Waals surface area contributed by atoms with E-state index in [1.165, 1.54) is 7.11 Å². The van der Waals surface area contributed by atoms with Crippen LogP contribution in [-0.4, -0.2) is 54.8 Å². The first kappa shape index (κ1) is 19.7. The third-order valence-electron chi connectivity index (χ3n) is 3.21. The van der Waals surface area contributed by atoms with Gasteiger partial charge in [-0.25, -0.2) is 4.79 Å². The fraction of sp³-hybridized carbons (Fsp3) is 0.867. The van der Waals surface area contributed by atoms with Crippen LogP contribution in [0.3, 0.4) is 0 Å². The van der Waals surface area contributed by atoms with Gasteiger partial charge in [0.1, 0.15) is 5.60 Å². The zero-order valence-electron chi connectivity index (χ0n) is 14.4. The Morgan fingerprint density at radius 3 is 2.10 bits per heavy atom. The Morgan fingerprint density at radius 2 is 1.71 bits per heavy atom. The SMILES string of the molecule is CCN(CC)C(CC(=O)OC)C(C)NC(=O)OC(C)(C)C. The van der Waals surface area contributed by atoms with E-state index in [1.807, 2.05) is 41.5 Å². The molecule has 1 N–H and O–H groups in total. The number of nitrogens with one attached hydrogen (secondary N) is 1. The van der Waals surface area contributed by atoms with E-state index >= 15 is 0 Å². The highest BCUT2D eigenvalue weighted by Crippen LogP contribution is 2.12. The molecule has 0 fully saturated rings. The van der Waals surface area contributed by atoms with Gasteiger partial charge in [0.25, 0.3) is 0 Å². The summed E-state index contributed by atoms with van der Waals surface area (Å²) in [5, 5.41) is 2.80. The molecule has 21 heavy (non-hydrogen) atoms. The Morgan fingerprint density at radius 1 is 1.19 bits per heavy atom. The minimum atomic E-state index is -0.545. The Balaban J connectivity index is 4.81. The van der Waals surface area contributed by atoms with Crippen LogP contribution < -0.4 is 5.32 Å². The van der Waals surface area contributed by atoms with Crippen LogP contribution in [0.25, 0.3) is 0 Å². The average molecular weight is 302 g/mol. The molecule has 0 aliphatic heterocycles. The van der Waals surface area contributed by atoms with Crippen molar-refractivity contribution in [2.75, 3.05) is 20.2 Å². The lowest BCUT2D eigenvalue weighted by atomic mass is 10.0. The molecule has 6 nitrogen and oxygen atoms in total. The summed E-state index contributed by atoms with van der Waals surface area (Å²) in [6, 6.07) is -0.348.